The van der Waals surface area contributed by atoms with Crippen molar-refractivity contribution in [3.63, 3.8) is 0 Å². The molecule has 3 nitrogen and oxygen atoms in total. The third-order valence-electron chi connectivity index (χ3n) is 4.45. The Bertz CT molecular complexity index is 556. The molecule has 1 amide bonds. The van der Waals surface area contributed by atoms with E-state index in [2.05, 4.69) is 17.0 Å². The van der Waals surface area contributed by atoms with Gasteiger partial charge in [-0.2, -0.15) is 0 Å². The van der Waals surface area contributed by atoms with Crippen LogP contribution in [0.1, 0.15) is 44.8 Å². The first-order valence-corrected chi connectivity index (χ1v) is 8.50. The third kappa shape index (κ3) is 4.55. The zero-order chi connectivity index (χ0) is 16.7. The highest BCUT2D eigenvalue weighted by Gasteiger charge is 2.29. The molecule has 23 heavy (non-hydrogen) atoms. The Kier molecular flexibility index (Phi) is 6.60. The minimum Gasteiger partial charge on any atom is -0.325 e. The summed E-state index contributed by atoms with van der Waals surface area (Å²) in [5.74, 6) is 0.164. The van der Waals surface area contributed by atoms with Crippen molar-refractivity contribution < 1.29 is 4.79 Å². The highest BCUT2D eigenvalue weighted by molar-refractivity contribution is 5.79. The second-order valence-electron chi connectivity index (χ2n) is 6.07. The van der Waals surface area contributed by atoms with Crippen LogP contribution in [0.15, 0.2) is 54.1 Å². The molecular formula is C20H28N2O. The average Bonchev–Trinajstić information content (AvgIpc) is 3.09. The lowest BCUT2D eigenvalue weighted by Crippen LogP contribution is -2.41. The summed E-state index contributed by atoms with van der Waals surface area (Å²) in [7, 11) is 1.93. The lowest BCUT2D eigenvalue weighted by molar-refractivity contribution is -0.135. The molecule has 0 bridgehead atoms. The van der Waals surface area contributed by atoms with Crippen molar-refractivity contribution in [1.29, 1.82) is 0 Å². The molecule has 0 N–H and O–H groups in total. The molecule has 1 fully saturated rings. The molecule has 0 aromatic heterocycles. The Hall–Kier alpha value is -1.87. The largest absolute Gasteiger partial charge is 0.325 e. The van der Waals surface area contributed by atoms with Crippen molar-refractivity contribution >= 4 is 5.91 Å². The van der Waals surface area contributed by atoms with Gasteiger partial charge in [0.1, 0.15) is 6.17 Å². The van der Waals surface area contributed by atoms with Crippen molar-refractivity contribution in [3.05, 3.63) is 59.7 Å². The van der Waals surface area contributed by atoms with Crippen LogP contribution in [0.3, 0.4) is 0 Å². The molecule has 1 aromatic rings. The summed E-state index contributed by atoms with van der Waals surface area (Å²) >= 11 is 0. The van der Waals surface area contributed by atoms with Crippen molar-refractivity contribution in [2.45, 2.75) is 39.3 Å². The number of nitrogens with zero attached hydrogens (tertiary/aromatic N) is 2. The minimum atomic E-state index is 0.0370. The van der Waals surface area contributed by atoms with Gasteiger partial charge in [-0.1, -0.05) is 48.6 Å². The van der Waals surface area contributed by atoms with Gasteiger partial charge >= 0.3 is 0 Å². The van der Waals surface area contributed by atoms with E-state index in [0.717, 1.165) is 18.7 Å². The summed E-state index contributed by atoms with van der Waals surface area (Å²) in [6.07, 6.45) is 8.92. The van der Waals surface area contributed by atoms with Gasteiger partial charge in [-0.3, -0.25) is 9.69 Å². The van der Waals surface area contributed by atoms with Gasteiger partial charge < -0.3 is 4.90 Å². The van der Waals surface area contributed by atoms with E-state index >= 15 is 0 Å². The molecule has 0 unspecified atom stereocenters. The number of hydrogen-bond donors (Lipinski definition) is 0. The number of carbonyl (C=O) groups excluding carboxylic acids is 1. The van der Waals surface area contributed by atoms with Crippen LogP contribution in [0.2, 0.25) is 0 Å². The van der Waals surface area contributed by atoms with E-state index in [-0.39, 0.29) is 12.1 Å². The molecule has 1 aromatic carbocycles. The zero-order valence-corrected chi connectivity index (χ0v) is 14.5. The smallest absolute Gasteiger partial charge is 0.228 e. The SMILES string of the molecule is C/C=C\C(=C/C)CC(=O)N(C)[C@@H](c1ccccc1)N1CCCC1. The molecule has 1 saturated heterocycles. The van der Waals surface area contributed by atoms with Crippen molar-refractivity contribution in [2.24, 2.45) is 0 Å². The first kappa shape index (κ1) is 17.5. The summed E-state index contributed by atoms with van der Waals surface area (Å²) < 4.78 is 0. The van der Waals surface area contributed by atoms with Crippen LogP contribution < -0.4 is 0 Å². The maximum Gasteiger partial charge on any atom is 0.228 e. The van der Waals surface area contributed by atoms with Crippen LogP contribution in [-0.4, -0.2) is 35.8 Å². The lowest BCUT2D eigenvalue weighted by Gasteiger charge is -2.36. The molecule has 0 radical (unpaired) electrons. The van der Waals surface area contributed by atoms with Crippen LogP contribution in [0.5, 0.6) is 0 Å². The monoisotopic (exact) mass is 312 g/mol. The fourth-order valence-electron chi connectivity index (χ4n) is 3.20. The van der Waals surface area contributed by atoms with E-state index in [1.807, 2.05) is 62.2 Å². The van der Waals surface area contributed by atoms with Gasteiger partial charge in [0.2, 0.25) is 5.91 Å². The van der Waals surface area contributed by atoms with Crippen LogP contribution in [-0.2, 0) is 4.79 Å². The third-order valence-corrected chi connectivity index (χ3v) is 4.45. The standard InChI is InChI=1S/C20H28N2O/c1-4-11-17(5-2)16-19(23)21(3)20(22-14-9-10-15-22)18-12-7-6-8-13-18/h4-8,11-13,20H,9-10,14-16H2,1-3H3/b11-4-,17-5+/t20-/m1/s1. The summed E-state index contributed by atoms with van der Waals surface area (Å²) in [5.41, 5.74) is 2.26. The van der Waals surface area contributed by atoms with Crippen LogP contribution >= 0.6 is 0 Å². The predicted molar refractivity (Wildman–Crippen MR) is 95.9 cm³/mol. The Morgan fingerprint density at radius 2 is 1.87 bits per heavy atom. The normalized spacial score (nSPS) is 17.6. The van der Waals surface area contributed by atoms with Gasteiger partial charge in [-0.15, -0.1) is 0 Å². The Balaban J connectivity index is 2.19. The number of likely N-dealkylation sites (tertiary alicyclic amines) is 1. The Morgan fingerprint density at radius 1 is 1.22 bits per heavy atom. The number of amides is 1. The average molecular weight is 312 g/mol. The predicted octanol–water partition coefficient (Wildman–Crippen LogP) is 4.15. The number of allylic oxidation sites excluding steroid dienone is 3. The van der Waals surface area contributed by atoms with Gasteiger partial charge in [-0.05, 0) is 37.8 Å². The summed E-state index contributed by atoms with van der Waals surface area (Å²) in [4.78, 5) is 17.1. The molecule has 1 atom stereocenters. The van der Waals surface area contributed by atoms with Gasteiger partial charge in [0, 0.05) is 20.1 Å². The molecule has 124 valence electrons. The number of benzene rings is 1. The highest BCUT2D eigenvalue weighted by atomic mass is 16.2. The number of carbonyl (C=O) groups is 1. The van der Waals surface area contributed by atoms with Crippen LogP contribution in [0.4, 0.5) is 0 Å². The van der Waals surface area contributed by atoms with Crippen molar-refractivity contribution in [1.82, 2.24) is 9.80 Å². The summed E-state index contributed by atoms with van der Waals surface area (Å²) in [6.45, 7) is 6.08. The van der Waals surface area contributed by atoms with Crippen LogP contribution in [0.25, 0.3) is 0 Å². The fraction of sp³-hybridized carbons (Fsp3) is 0.450. The minimum absolute atomic E-state index is 0.0370. The van der Waals surface area contributed by atoms with E-state index in [4.69, 9.17) is 0 Å². The second-order valence-corrected chi connectivity index (χ2v) is 6.07. The van der Waals surface area contributed by atoms with Crippen molar-refractivity contribution in [3.8, 4) is 0 Å². The quantitative estimate of drug-likeness (QED) is 0.737. The molecule has 1 aliphatic heterocycles. The Labute approximate surface area is 140 Å². The van der Waals surface area contributed by atoms with E-state index < -0.39 is 0 Å². The lowest BCUT2D eigenvalue weighted by atomic mass is 10.1. The fourth-order valence-corrected chi connectivity index (χ4v) is 3.20. The number of rotatable bonds is 6. The van der Waals surface area contributed by atoms with Gasteiger partial charge in [0.05, 0.1) is 6.42 Å². The molecule has 1 aliphatic rings. The first-order chi connectivity index (χ1) is 11.2. The van der Waals surface area contributed by atoms with E-state index in [0.29, 0.717) is 6.42 Å². The zero-order valence-electron chi connectivity index (χ0n) is 14.5. The molecule has 1 heterocycles. The van der Waals surface area contributed by atoms with E-state index in [1.54, 1.807) is 0 Å². The van der Waals surface area contributed by atoms with Crippen LogP contribution in [0, 0.1) is 0 Å². The van der Waals surface area contributed by atoms with E-state index in [1.165, 1.54) is 18.4 Å². The second kappa shape index (κ2) is 8.68. The highest BCUT2D eigenvalue weighted by Crippen LogP contribution is 2.28. The first-order valence-electron chi connectivity index (χ1n) is 8.50. The molecular weight excluding hydrogens is 284 g/mol. The topological polar surface area (TPSA) is 23.6 Å². The molecule has 3 heteroatoms. The maximum absolute atomic E-state index is 12.8. The summed E-state index contributed by atoms with van der Waals surface area (Å²) in [5, 5.41) is 0. The van der Waals surface area contributed by atoms with Crippen molar-refractivity contribution in [2.75, 3.05) is 20.1 Å². The molecule has 2 rings (SSSR count). The molecule has 0 spiro atoms. The van der Waals surface area contributed by atoms with Gasteiger partial charge in [0.15, 0.2) is 0 Å². The molecule has 0 saturated carbocycles. The van der Waals surface area contributed by atoms with E-state index in [9.17, 15) is 4.79 Å². The number of hydrogen-bond acceptors (Lipinski definition) is 2. The maximum atomic E-state index is 12.8. The Morgan fingerprint density at radius 3 is 2.43 bits per heavy atom. The molecule has 0 aliphatic carbocycles. The van der Waals surface area contributed by atoms with Gasteiger partial charge in [-0.25, -0.2) is 0 Å². The summed E-state index contributed by atoms with van der Waals surface area (Å²) in [6, 6.07) is 10.4. The van der Waals surface area contributed by atoms with Gasteiger partial charge in [0.25, 0.3) is 0 Å².